The standard InChI is InChI=1S/C13H17FN4S/c1-2-10(15)12(16)13-17-11(18-19-13)7-8-3-5-9(14)6-4-8/h3-6,10,12H,2,7,15-16H2,1H3. The smallest absolute Gasteiger partial charge is 0.147 e. The fraction of sp³-hybridized carbons (Fsp3) is 0.385. The summed E-state index contributed by atoms with van der Waals surface area (Å²) in [6, 6.07) is 5.94. The molecule has 6 heteroatoms. The van der Waals surface area contributed by atoms with Crippen molar-refractivity contribution in [1.82, 2.24) is 9.36 Å². The first-order chi connectivity index (χ1) is 9.10. The van der Waals surface area contributed by atoms with Crippen molar-refractivity contribution < 1.29 is 4.39 Å². The van der Waals surface area contributed by atoms with Crippen molar-refractivity contribution in [3.8, 4) is 0 Å². The Hall–Kier alpha value is -1.37. The van der Waals surface area contributed by atoms with E-state index in [4.69, 9.17) is 11.5 Å². The number of hydrogen-bond acceptors (Lipinski definition) is 5. The molecule has 0 aliphatic carbocycles. The maximum Gasteiger partial charge on any atom is 0.147 e. The van der Waals surface area contributed by atoms with Gasteiger partial charge in [-0.05, 0) is 35.6 Å². The number of rotatable bonds is 5. The second-order valence-corrected chi connectivity index (χ2v) is 5.23. The van der Waals surface area contributed by atoms with E-state index in [1.165, 1.54) is 23.7 Å². The molecule has 4 N–H and O–H groups in total. The van der Waals surface area contributed by atoms with Crippen LogP contribution < -0.4 is 11.5 Å². The van der Waals surface area contributed by atoms with Crippen molar-refractivity contribution in [2.45, 2.75) is 31.8 Å². The Morgan fingerprint density at radius 1 is 1.26 bits per heavy atom. The van der Waals surface area contributed by atoms with Crippen LogP contribution in [0.25, 0.3) is 0 Å². The van der Waals surface area contributed by atoms with Crippen LogP contribution >= 0.6 is 11.5 Å². The van der Waals surface area contributed by atoms with E-state index in [1.54, 1.807) is 12.1 Å². The molecule has 0 aliphatic heterocycles. The summed E-state index contributed by atoms with van der Waals surface area (Å²) >= 11 is 1.28. The van der Waals surface area contributed by atoms with Gasteiger partial charge in [0.1, 0.15) is 16.6 Å². The molecule has 0 bridgehead atoms. The quantitative estimate of drug-likeness (QED) is 0.878. The van der Waals surface area contributed by atoms with Gasteiger partial charge in [0.15, 0.2) is 0 Å². The molecule has 1 aromatic carbocycles. The average Bonchev–Trinajstić information content (AvgIpc) is 2.88. The van der Waals surface area contributed by atoms with Gasteiger partial charge in [0.25, 0.3) is 0 Å². The van der Waals surface area contributed by atoms with Gasteiger partial charge in [-0.2, -0.15) is 4.37 Å². The first-order valence-corrected chi connectivity index (χ1v) is 6.95. The second-order valence-electron chi connectivity index (χ2n) is 4.45. The van der Waals surface area contributed by atoms with Crippen LogP contribution in [-0.4, -0.2) is 15.4 Å². The van der Waals surface area contributed by atoms with Crippen molar-refractivity contribution in [2.24, 2.45) is 11.5 Å². The van der Waals surface area contributed by atoms with E-state index < -0.39 is 0 Å². The number of benzene rings is 1. The molecule has 0 aliphatic rings. The molecule has 1 aromatic heterocycles. The van der Waals surface area contributed by atoms with Crippen LogP contribution in [0.4, 0.5) is 4.39 Å². The molecule has 2 rings (SSSR count). The van der Waals surface area contributed by atoms with E-state index in [1.807, 2.05) is 6.92 Å². The highest BCUT2D eigenvalue weighted by Gasteiger charge is 2.18. The summed E-state index contributed by atoms with van der Waals surface area (Å²) in [5.41, 5.74) is 12.9. The van der Waals surface area contributed by atoms with Crippen molar-refractivity contribution in [3.05, 3.63) is 46.5 Å². The van der Waals surface area contributed by atoms with Gasteiger partial charge < -0.3 is 11.5 Å². The Morgan fingerprint density at radius 2 is 1.95 bits per heavy atom. The van der Waals surface area contributed by atoms with Gasteiger partial charge in [0.05, 0.1) is 6.04 Å². The zero-order valence-electron chi connectivity index (χ0n) is 10.7. The van der Waals surface area contributed by atoms with Gasteiger partial charge in [0.2, 0.25) is 0 Å². The summed E-state index contributed by atoms with van der Waals surface area (Å²) < 4.78 is 17.1. The van der Waals surface area contributed by atoms with Crippen LogP contribution in [-0.2, 0) is 6.42 Å². The van der Waals surface area contributed by atoms with Gasteiger partial charge in [-0.3, -0.25) is 0 Å². The SMILES string of the molecule is CCC(N)C(N)c1nc(Cc2ccc(F)cc2)ns1. The zero-order valence-corrected chi connectivity index (χ0v) is 11.5. The lowest BCUT2D eigenvalue weighted by Gasteiger charge is -2.14. The Balaban J connectivity index is 2.07. The number of aromatic nitrogens is 2. The summed E-state index contributed by atoms with van der Waals surface area (Å²) in [6.45, 7) is 1.99. The highest BCUT2D eigenvalue weighted by molar-refractivity contribution is 7.05. The summed E-state index contributed by atoms with van der Waals surface area (Å²) in [4.78, 5) is 4.41. The lowest BCUT2D eigenvalue weighted by atomic mass is 10.1. The fourth-order valence-electron chi connectivity index (χ4n) is 1.70. The highest BCUT2D eigenvalue weighted by Crippen LogP contribution is 2.18. The average molecular weight is 280 g/mol. The molecule has 0 saturated carbocycles. The first kappa shape index (κ1) is 14.0. The summed E-state index contributed by atoms with van der Waals surface area (Å²) in [5, 5.41) is 0.756. The summed E-state index contributed by atoms with van der Waals surface area (Å²) in [6.07, 6.45) is 1.37. The minimum absolute atomic E-state index is 0.105. The molecule has 2 aromatic rings. The third-order valence-corrected chi connectivity index (χ3v) is 3.83. The molecule has 4 nitrogen and oxygen atoms in total. The predicted molar refractivity (Wildman–Crippen MR) is 74.3 cm³/mol. The van der Waals surface area contributed by atoms with Gasteiger partial charge >= 0.3 is 0 Å². The van der Waals surface area contributed by atoms with Crippen molar-refractivity contribution in [3.63, 3.8) is 0 Å². The molecular formula is C13H17FN4S. The largest absolute Gasteiger partial charge is 0.326 e. The maximum atomic E-state index is 12.8. The molecule has 0 saturated heterocycles. The van der Waals surface area contributed by atoms with Crippen molar-refractivity contribution >= 4 is 11.5 Å². The van der Waals surface area contributed by atoms with Crippen molar-refractivity contribution in [2.75, 3.05) is 0 Å². The lowest BCUT2D eigenvalue weighted by Crippen LogP contribution is -2.33. The number of nitrogens with two attached hydrogens (primary N) is 2. The van der Waals surface area contributed by atoms with Gasteiger partial charge in [-0.1, -0.05) is 19.1 Å². The molecule has 2 atom stereocenters. The molecular weight excluding hydrogens is 263 g/mol. The van der Waals surface area contributed by atoms with Crippen LogP contribution in [0.2, 0.25) is 0 Å². The molecule has 1 heterocycles. The monoisotopic (exact) mass is 280 g/mol. The Bertz CT molecular complexity index is 526. The first-order valence-electron chi connectivity index (χ1n) is 6.18. The molecule has 0 fully saturated rings. The normalized spacial score (nSPS) is 14.3. The molecule has 0 amide bonds. The minimum Gasteiger partial charge on any atom is -0.326 e. The highest BCUT2D eigenvalue weighted by atomic mass is 32.1. The fourth-order valence-corrected chi connectivity index (χ4v) is 2.44. The van der Waals surface area contributed by atoms with E-state index in [2.05, 4.69) is 9.36 Å². The number of nitrogens with zero attached hydrogens (tertiary/aromatic N) is 2. The molecule has 0 radical (unpaired) electrons. The zero-order chi connectivity index (χ0) is 13.8. The lowest BCUT2D eigenvalue weighted by molar-refractivity contribution is 0.529. The predicted octanol–water partition coefficient (Wildman–Crippen LogP) is 2.01. The Labute approximate surface area is 115 Å². The molecule has 19 heavy (non-hydrogen) atoms. The van der Waals surface area contributed by atoms with Gasteiger partial charge in [0, 0.05) is 12.5 Å². The number of hydrogen-bond donors (Lipinski definition) is 2. The topological polar surface area (TPSA) is 77.8 Å². The third kappa shape index (κ3) is 3.56. The van der Waals surface area contributed by atoms with Crippen molar-refractivity contribution in [1.29, 1.82) is 0 Å². The molecule has 102 valence electrons. The summed E-state index contributed by atoms with van der Waals surface area (Å²) in [5.74, 6) is 0.456. The van der Waals surface area contributed by atoms with E-state index >= 15 is 0 Å². The van der Waals surface area contributed by atoms with E-state index in [0.29, 0.717) is 12.2 Å². The van der Waals surface area contributed by atoms with E-state index in [9.17, 15) is 4.39 Å². The van der Waals surface area contributed by atoms with Crippen LogP contribution in [0.3, 0.4) is 0 Å². The van der Waals surface area contributed by atoms with Crippen LogP contribution in [0.5, 0.6) is 0 Å². The Morgan fingerprint density at radius 3 is 2.58 bits per heavy atom. The third-order valence-electron chi connectivity index (χ3n) is 2.98. The second kappa shape index (κ2) is 6.18. The van der Waals surface area contributed by atoms with Crippen LogP contribution in [0, 0.1) is 5.82 Å². The maximum absolute atomic E-state index is 12.8. The summed E-state index contributed by atoms with van der Waals surface area (Å²) in [7, 11) is 0. The van der Waals surface area contributed by atoms with Gasteiger partial charge in [-0.25, -0.2) is 9.37 Å². The van der Waals surface area contributed by atoms with E-state index in [0.717, 1.165) is 17.0 Å². The van der Waals surface area contributed by atoms with Gasteiger partial charge in [-0.15, -0.1) is 0 Å². The van der Waals surface area contributed by atoms with Crippen LogP contribution in [0.1, 0.15) is 35.8 Å². The Kier molecular flexibility index (Phi) is 4.57. The van der Waals surface area contributed by atoms with Crippen LogP contribution in [0.15, 0.2) is 24.3 Å². The van der Waals surface area contributed by atoms with E-state index in [-0.39, 0.29) is 17.9 Å². The minimum atomic E-state index is -0.274. The number of halogens is 1. The molecule has 0 spiro atoms. The molecule has 2 unspecified atom stereocenters.